The van der Waals surface area contributed by atoms with Gasteiger partial charge in [0, 0.05) is 57.0 Å². The molecule has 162 valence electrons. The normalized spacial score (nSPS) is 20.7. The van der Waals surface area contributed by atoms with E-state index in [0.717, 1.165) is 38.0 Å². The van der Waals surface area contributed by atoms with E-state index in [9.17, 15) is 4.79 Å². The number of aromatic nitrogens is 1. The van der Waals surface area contributed by atoms with E-state index in [1.165, 1.54) is 0 Å². The van der Waals surface area contributed by atoms with Crippen LogP contribution in [0.15, 0.2) is 29.4 Å². The summed E-state index contributed by atoms with van der Waals surface area (Å²) >= 11 is 0. The number of aliphatic imine (C=N–C) groups is 1. The molecule has 2 unspecified atom stereocenters. The van der Waals surface area contributed by atoms with Gasteiger partial charge in [0.05, 0.1) is 12.6 Å². The van der Waals surface area contributed by atoms with Gasteiger partial charge in [-0.25, -0.2) is 0 Å². The summed E-state index contributed by atoms with van der Waals surface area (Å²) in [5, 5.41) is 6.69. The molecule has 0 bridgehead atoms. The zero-order valence-corrected chi connectivity index (χ0v) is 18.6. The van der Waals surface area contributed by atoms with Crippen molar-refractivity contribution in [3.63, 3.8) is 0 Å². The summed E-state index contributed by atoms with van der Waals surface area (Å²) in [4.78, 5) is 22.8. The fourth-order valence-corrected chi connectivity index (χ4v) is 4.19. The number of ether oxygens (including phenoxy) is 1. The van der Waals surface area contributed by atoms with Crippen molar-refractivity contribution in [3.05, 3.63) is 30.1 Å². The van der Waals surface area contributed by atoms with Gasteiger partial charge in [0.2, 0.25) is 5.91 Å². The van der Waals surface area contributed by atoms with Crippen molar-refractivity contribution in [1.82, 2.24) is 20.5 Å². The molecule has 1 heterocycles. The highest BCUT2D eigenvalue weighted by molar-refractivity contribution is 5.86. The minimum absolute atomic E-state index is 0.0296. The van der Waals surface area contributed by atoms with Crippen LogP contribution in [0.4, 0.5) is 0 Å². The first kappa shape index (κ1) is 23.1. The third-order valence-corrected chi connectivity index (χ3v) is 6.27. The average Bonchev–Trinajstić information content (AvgIpc) is 2.74. The second-order valence-corrected chi connectivity index (χ2v) is 7.63. The molecule has 1 amide bonds. The Morgan fingerprint density at radius 1 is 1.34 bits per heavy atom. The standard InChI is InChI=1S/C22H37N5O2/c1-6-22(7-2)18(15-19(22)29-8-3)26-21(23-4)25-16-20(28)27(5)14-12-17-11-9-10-13-24-17/h9-11,13,18-19H,6-8,12,14-16H2,1-5H3,(H2,23,25,26). The number of likely N-dealkylation sites (N-methyl/N-ethyl adjacent to an activating group) is 1. The molecule has 1 aliphatic rings. The molecule has 0 radical (unpaired) electrons. The quantitative estimate of drug-likeness (QED) is 0.463. The molecule has 2 rings (SSSR count). The molecular formula is C22H37N5O2. The van der Waals surface area contributed by atoms with Crippen LogP contribution in [0.2, 0.25) is 0 Å². The number of hydrogen-bond donors (Lipinski definition) is 2. The Kier molecular flexibility index (Phi) is 8.89. The zero-order chi connectivity index (χ0) is 21.3. The Balaban J connectivity index is 1.81. The van der Waals surface area contributed by atoms with E-state index in [1.54, 1.807) is 18.1 Å². The largest absolute Gasteiger partial charge is 0.378 e. The van der Waals surface area contributed by atoms with Gasteiger partial charge >= 0.3 is 0 Å². The monoisotopic (exact) mass is 403 g/mol. The van der Waals surface area contributed by atoms with Crippen molar-refractivity contribution in [3.8, 4) is 0 Å². The van der Waals surface area contributed by atoms with E-state index in [1.807, 2.05) is 32.2 Å². The van der Waals surface area contributed by atoms with Crippen LogP contribution < -0.4 is 10.6 Å². The van der Waals surface area contributed by atoms with Gasteiger partial charge in [-0.2, -0.15) is 0 Å². The van der Waals surface area contributed by atoms with E-state index < -0.39 is 0 Å². The number of hydrogen-bond acceptors (Lipinski definition) is 4. The minimum Gasteiger partial charge on any atom is -0.378 e. The van der Waals surface area contributed by atoms with E-state index >= 15 is 0 Å². The molecule has 1 aromatic rings. The smallest absolute Gasteiger partial charge is 0.241 e. The van der Waals surface area contributed by atoms with E-state index in [0.29, 0.717) is 18.5 Å². The molecule has 0 aliphatic heterocycles. The summed E-state index contributed by atoms with van der Waals surface area (Å²) < 4.78 is 5.95. The molecule has 29 heavy (non-hydrogen) atoms. The summed E-state index contributed by atoms with van der Waals surface area (Å²) in [7, 11) is 3.56. The summed E-state index contributed by atoms with van der Waals surface area (Å²) in [6.07, 6.45) is 5.88. The lowest BCUT2D eigenvalue weighted by Gasteiger charge is -2.55. The molecule has 7 nitrogen and oxygen atoms in total. The Labute approximate surface area is 175 Å². The highest BCUT2D eigenvalue weighted by atomic mass is 16.5. The fraction of sp³-hybridized carbons (Fsp3) is 0.682. The number of nitrogens with one attached hydrogen (secondary N) is 2. The maximum atomic E-state index is 12.5. The van der Waals surface area contributed by atoms with Crippen molar-refractivity contribution in [2.24, 2.45) is 10.4 Å². The number of nitrogens with zero attached hydrogens (tertiary/aromatic N) is 3. The van der Waals surface area contributed by atoms with Crippen LogP contribution in [0, 0.1) is 5.41 Å². The highest BCUT2D eigenvalue weighted by Gasteiger charge is 2.53. The molecule has 2 N–H and O–H groups in total. The van der Waals surface area contributed by atoms with Crippen LogP contribution in [0.5, 0.6) is 0 Å². The topological polar surface area (TPSA) is 78.8 Å². The SMILES string of the molecule is CCOC1CC(NC(=NC)NCC(=O)N(C)CCc2ccccn2)C1(CC)CC. The first-order chi connectivity index (χ1) is 14.0. The van der Waals surface area contributed by atoms with E-state index in [4.69, 9.17) is 4.74 Å². The Bertz CT molecular complexity index is 660. The van der Waals surface area contributed by atoms with E-state index in [2.05, 4.69) is 34.5 Å². The predicted octanol–water partition coefficient (Wildman–Crippen LogP) is 2.23. The Morgan fingerprint density at radius 3 is 2.69 bits per heavy atom. The van der Waals surface area contributed by atoms with Crippen LogP contribution in [-0.4, -0.2) is 67.7 Å². The molecule has 1 aliphatic carbocycles. The zero-order valence-electron chi connectivity index (χ0n) is 18.6. The molecule has 2 atom stereocenters. The van der Waals surface area contributed by atoms with Crippen molar-refractivity contribution in [2.75, 3.05) is 33.8 Å². The van der Waals surface area contributed by atoms with Crippen LogP contribution in [-0.2, 0) is 16.0 Å². The van der Waals surface area contributed by atoms with Gasteiger partial charge in [0.1, 0.15) is 0 Å². The number of amides is 1. The molecule has 1 saturated carbocycles. The van der Waals surface area contributed by atoms with Gasteiger partial charge in [-0.1, -0.05) is 19.9 Å². The number of guanidine groups is 1. The van der Waals surface area contributed by atoms with Gasteiger partial charge in [0.15, 0.2) is 5.96 Å². The number of rotatable bonds is 10. The number of carbonyl (C=O) groups is 1. The van der Waals surface area contributed by atoms with Gasteiger partial charge < -0.3 is 20.3 Å². The number of pyridine rings is 1. The molecule has 0 saturated heterocycles. The van der Waals surface area contributed by atoms with Crippen molar-refractivity contribution in [2.45, 2.75) is 58.6 Å². The molecule has 1 aromatic heterocycles. The summed E-state index contributed by atoms with van der Waals surface area (Å²) in [6.45, 7) is 8.08. The van der Waals surface area contributed by atoms with Crippen molar-refractivity contribution in [1.29, 1.82) is 0 Å². The lowest BCUT2D eigenvalue weighted by atomic mass is 9.58. The van der Waals surface area contributed by atoms with Crippen LogP contribution in [0.1, 0.15) is 45.7 Å². The lowest BCUT2D eigenvalue weighted by molar-refractivity contribution is -0.133. The third kappa shape index (κ3) is 5.69. The van der Waals surface area contributed by atoms with Gasteiger partial charge in [-0.05, 0) is 38.3 Å². The molecule has 1 fully saturated rings. The number of carbonyl (C=O) groups excluding carboxylic acids is 1. The fourth-order valence-electron chi connectivity index (χ4n) is 4.19. The molecule has 0 aromatic carbocycles. The van der Waals surface area contributed by atoms with Gasteiger partial charge in [0.25, 0.3) is 0 Å². The van der Waals surface area contributed by atoms with Gasteiger partial charge in [-0.3, -0.25) is 14.8 Å². The van der Waals surface area contributed by atoms with Crippen LogP contribution in [0.3, 0.4) is 0 Å². The Hall–Kier alpha value is -2.15. The first-order valence-electron chi connectivity index (χ1n) is 10.7. The molecule has 7 heteroatoms. The van der Waals surface area contributed by atoms with Crippen molar-refractivity contribution >= 4 is 11.9 Å². The molecular weight excluding hydrogens is 366 g/mol. The lowest BCUT2D eigenvalue weighted by Crippen LogP contribution is -2.65. The summed E-state index contributed by atoms with van der Waals surface area (Å²) in [6, 6.07) is 6.14. The first-order valence-corrected chi connectivity index (χ1v) is 10.7. The average molecular weight is 404 g/mol. The van der Waals surface area contributed by atoms with Gasteiger partial charge in [-0.15, -0.1) is 0 Å². The van der Waals surface area contributed by atoms with E-state index in [-0.39, 0.29) is 24.0 Å². The van der Waals surface area contributed by atoms with Crippen LogP contribution >= 0.6 is 0 Å². The van der Waals surface area contributed by atoms with Crippen molar-refractivity contribution < 1.29 is 9.53 Å². The second kappa shape index (κ2) is 11.1. The molecule has 0 spiro atoms. The highest BCUT2D eigenvalue weighted by Crippen LogP contribution is 2.48. The third-order valence-electron chi connectivity index (χ3n) is 6.27. The minimum atomic E-state index is 0.0296. The Morgan fingerprint density at radius 2 is 2.10 bits per heavy atom. The van der Waals surface area contributed by atoms with Crippen LogP contribution in [0.25, 0.3) is 0 Å². The summed E-state index contributed by atoms with van der Waals surface area (Å²) in [5.41, 5.74) is 1.11. The maximum absolute atomic E-state index is 12.5. The second-order valence-electron chi connectivity index (χ2n) is 7.63. The maximum Gasteiger partial charge on any atom is 0.241 e. The summed E-state index contributed by atoms with van der Waals surface area (Å²) in [5.74, 6) is 0.699. The predicted molar refractivity (Wildman–Crippen MR) is 117 cm³/mol.